The number of aryl methyl sites for hydroxylation is 6. The van der Waals surface area contributed by atoms with Gasteiger partial charge in [-0.05, 0) is 74.2 Å². The number of nitrogens with zero attached hydrogens (tertiary/aromatic N) is 4. The number of aromatic nitrogens is 4. The number of halogens is 6. The summed E-state index contributed by atoms with van der Waals surface area (Å²) in [6, 6.07) is 6.54. The maximum Gasteiger partial charge on any atom is 0.416 e. The first-order chi connectivity index (χ1) is 27.1. The molecule has 6 heterocycles. The Morgan fingerprint density at radius 1 is 0.678 bits per heavy atom. The number of aliphatic hydroxyl groups is 2. The molecule has 4 saturated heterocycles. The van der Waals surface area contributed by atoms with Crippen LogP contribution in [0, 0.1) is 39.5 Å². The standard InChI is InChI=1S/2C20H22F3N3O3.CH4/c2*1-9-4-5-11(20(21,22)23)6-13(9)24-19(28)17-15-7-14(27)18(29-15)16(17)12-8-26(3)25-10(12)2;/h2*4-6,8,14-18,27H,7H2,1-3H3,(H,24,28);1H4/t2*14-,15+,16+,17-,18-;/m10./s1. The molecule has 18 heteroatoms. The number of benzene rings is 2. The van der Waals surface area contributed by atoms with Crippen LogP contribution >= 0.6 is 0 Å². The number of carbonyl (C=O) groups excluding carboxylic acids is 2. The van der Waals surface area contributed by atoms with Gasteiger partial charge in [-0.25, -0.2) is 0 Å². The lowest BCUT2D eigenvalue weighted by Crippen LogP contribution is -2.41. The SMILES string of the molecule is C.Cc1ccc(C(F)(F)F)cc1NC(=O)[C@@H]1[C@@H](c2cn(C)nc2C)[C@H]2O[C@@H]1C[C@@H]2O.Cc1ccc(C(F)(F)F)cc1NC(=O)[C@H]1[C@H](c2cn(C)nc2C)[C@@H]2O[C@H]1C[C@H]2O. The Kier molecular flexibility index (Phi) is 11.9. The number of hydrogen-bond donors (Lipinski definition) is 4. The minimum absolute atomic E-state index is 0. The quantitative estimate of drug-likeness (QED) is 0.161. The van der Waals surface area contributed by atoms with E-state index >= 15 is 0 Å². The van der Waals surface area contributed by atoms with Crippen LogP contribution in [0.15, 0.2) is 48.8 Å². The summed E-state index contributed by atoms with van der Waals surface area (Å²) in [6.45, 7) is 6.92. The number of rotatable bonds is 6. The van der Waals surface area contributed by atoms with Crippen LogP contribution in [-0.4, -0.2) is 78.2 Å². The maximum atomic E-state index is 13.1. The van der Waals surface area contributed by atoms with Gasteiger partial charge in [-0.15, -0.1) is 0 Å². The van der Waals surface area contributed by atoms with Gasteiger partial charge in [0.1, 0.15) is 0 Å². The fourth-order valence-corrected chi connectivity index (χ4v) is 9.02. The lowest BCUT2D eigenvalue weighted by molar-refractivity contribution is -0.138. The highest BCUT2D eigenvalue weighted by Gasteiger charge is 2.59. The number of aliphatic hydroxyl groups excluding tert-OH is 2. The van der Waals surface area contributed by atoms with E-state index in [1.165, 1.54) is 12.1 Å². The topological polar surface area (TPSA) is 153 Å². The van der Waals surface area contributed by atoms with Gasteiger partial charge in [0, 0.05) is 62.5 Å². The predicted molar refractivity (Wildman–Crippen MR) is 203 cm³/mol. The molecule has 4 N–H and O–H groups in total. The smallest absolute Gasteiger partial charge is 0.390 e. The van der Waals surface area contributed by atoms with Gasteiger partial charge in [-0.2, -0.15) is 36.5 Å². The number of alkyl halides is 6. The summed E-state index contributed by atoms with van der Waals surface area (Å²) in [7, 11) is 3.53. The number of carbonyl (C=O) groups is 2. The van der Waals surface area contributed by atoms with Gasteiger partial charge in [0.15, 0.2) is 0 Å². The highest BCUT2D eigenvalue weighted by Crippen LogP contribution is 2.51. The largest absolute Gasteiger partial charge is 0.416 e. The number of fused-ring (bicyclic) bond motifs is 4. The molecule has 10 atom stereocenters. The van der Waals surface area contributed by atoms with Gasteiger partial charge in [0.05, 0.1) is 71.0 Å². The van der Waals surface area contributed by atoms with E-state index in [4.69, 9.17) is 9.47 Å². The van der Waals surface area contributed by atoms with Gasteiger partial charge >= 0.3 is 12.4 Å². The molecule has 2 aromatic heterocycles. The highest BCUT2D eigenvalue weighted by atomic mass is 19.4. The van der Waals surface area contributed by atoms with Crippen molar-refractivity contribution in [3.8, 4) is 0 Å². The molecule has 4 aliphatic rings. The second kappa shape index (κ2) is 16.0. The Morgan fingerprint density at radius 3 is 1.34 bits per heavy atom. The molecule has 8 rings (SSSR count). The lowest BCUT2D eigenvalue weighted by Gasteiger charge is -2.30. The molecule has 4 fully saturated rings. The Bertz CT molecular complexity index is 2070. The van der Waals surface area contributed by atoms with Crippen molar-refractivity contribution in [2.24, 2.45) is 25.9 Å². The van der Waals surface area contributed by atoms with E-state index in [0.29, 0.717) is 24.0 Å². The Morgan fingerprint density at radius 2 is 1.03 bits per heavy atom. The second-order valence-electron chi connectivity index (χ2n) is 15.7. The summed E-state index contributed by atoms with van der Waals surface area (Å²) in [5, 5.41) is 34.6. The number of nitrogens with one attached hydrogen (secondary N) is 2. The molecule has 59 heavy (non-hydrogen) atoms. The monoisotopic (exact) mass is 834 g/mol. The molecule has 0 aliphatic carbocycles. The van der Waals surface area contributed by atoms with Crippen LogP contribution in [0.5, 0.6) is 0 Å². The zero-order chi connectivity index (χ0) is 42.2. The Labute approximate surface area is 336 Å². The van der Waals surface area contributed by atoms with Crippen molar-refractivity contribution in [1.82, 2.24) is 19.6 Å². The highest BCUT2D eigenvalue weighted by molar-refractivity contribution is 5.95. The van der Waals surface area contributed by atoms with E-state index in [0.717, 1.165) is 46.8 Å². The molecule has 4 aromatic rings. The molecule has 0 spiro atoms. The molecule has 320 valence electrons. The predicted octanol–water partition coefficient (Wildman–Crippen LogP) is 6.49. The van der Waals surface area contributed by atoms with Gasteiger partial charge in [0.25, 0.3) is 0 Å². The zero-order valence-electron chi connectivity index (χ0n) is 32.4. The van der Waals surface area contributed by atoms with Crippen LogP contribution in [0.3, 0.4) is 0 Å². The van der Waals surface area contributed by atoms with Crippen LogP contribution in [0.4, 0.5) is 37.7 Å². The Hall–Kier alpha value is -4.78. The molecule has 0 radical (unpaired) electrons. The summed E-state index contributed by atoms with van der Waals surface area (Å²) in [6.07, 6.45) is -8.21. The van der Waals surface area contributed by atoms with Crippen LogP contribution in [0.1, 0.15) is 76.9 Å². The fourth-order valence-electron chi connectivity index (χ4n) is 9.02. The van der Waals surface area contributed by atoms with Crippen LogP contribution in [0.2, 0.25) is 0 Å². The number of ether oxygens (including phenoxy) is 2. The van der Waals surface area contributed by atoms with Crippen molar-refractivity contribution in [3.05, 3.63) is 93.6 Å². The Balaban J connectivity index is 0.000000195. The van der Waals surface area contributed by atoms with Gasteiger partial charge in [-0.1, -0.05) is 19.6 Å². The van der Waals surface area contributed by atoms with Crippen molar-refractivity contribution >= 4 is 23.2 Å². The van der Waals surface area contributed by atoms with E-state index in [9.17, 15) is 46.1 Å². The van der Waals surface area contributed by atoms with Crippen LogP contribution in [-0.2, 0) is 45.5 Å². The molecule has 4 aliphatic heterocycles. The third-order valence-corrected chi connectivity index (χ3v) is 11.7. The van der Waals surface area contributed by atoms with Gasteiger partial charge in [0.2, 0.25) is 11.8 Å². The molecule has 4 bridgehead atoms. The summed E-state index contributed by atoms with van der Waals surface area (Å²) < 4.78 is 93.4. The second-order valence-corrected chi connectivity index (χ2v) is 15.7. The first-order valence-corrected chi connectivity index (χ1v) is 18.8. The minimum Gasteiger partial charge on any atom is -0.390 e. The van der Waals surface area contributed by atoms with E-state index in [-0.39, 0.29) is 18.8 Å². The molecule has 12 nitrogen and oxygen atoms in total. The van der Waals surface area contributed by atoms with Gasteiger partial charge in [-0.3, -0.25) is 19.0 Å². The normalized spacial score (nSPS) is 28.2. The molecular weight excluding hydrogens is 786 g/mol. The molecule has 0 saturated carbocycles. The van der Waals surface area contributed by atoms with E-state index in [1.54, 1.807) is 49.7 Å². The number of amides is 2. The molecule has 2 aromatic carbocycles. The van der Waals surface area contributed by atoms with E-state index in [1.807, 2.05) is 13.8 Å². The average molecular weight is 835 g/mol. The van der Waals surface area contributed by atoms with Crippen molar-refractivity contribution in [1.29, 1.82) is 0 Å². The van der Waals surface area contributed by atoms with Gasteiger partial charge < -0.3 is 30.3 Å². The molecule has 2 amide bonds. The number of anilines is 2. The van der Waals surface area contributed by atoms with Crippen molar-refractivity contribution < 1.29 is 55.6 Å². The maximum absolute atomic E-state index is 13.1. The molecule has 0 unspecified atom stereocenters. The van der Waals surface area contributed by atoms with Crippen molar-refractivity contribution in [3.63, 3.8) is 0 Å². The first kappa shape index (κ1) is 43.8. The minimum atomic E-state index is -4.50. The molecular formula is C41H48F6N6O6. The summed E-state index contributed by atoms with van der Waals surface area (Å²) >= 11 is 0. The zero-order valence-corrected chi connectivity index (χ0v) is 32.4. The third-order valence-electron chi connectivity index (χ3n) is 11.7. The summed E-state index contributed by atoms with van der Waals surface area (Å²) in [4.78, 5) is 26.3. The fraction of sp³-hybridized carbons (Fsp3) is 0.512. The van der Waals surface area contributed by atoms with Crippen molar-refractivity contribution in [2.75, 3.05) is 10.6 Å². The summed E-state index contributed by atoms with van der Waals surface area (Å²) in [5.74, 6) is -2.91. The first-order valence-electron chi connectivity index (χ1n) is 18.8. The average Bonchev–Trinajstić information content (AvgIpc) is 3.97. The lowest BCUT2D eigenvalue weighted by atomic mass is 9.74. The van der Waals surface area contributed by atoms with Crippen LogP contribution in [0.25, 0.3) is 0 Å². The third kappa shape index (κ3) is 8.36. The van der Waals surface area contributed by atoms with Crippen molar-refractivity contribution in [2.45, 2.75) is 109 Å². The van der Waals surface area contributed by atoms with E-state index in [2.05, 4.69) is 20.8 Å². The van der Waals surface area contributed by atoms with E-state index < -0.39 is 95.6 Å². The number of hydrogen-bond acceptors (Lipinski definition) is 8. The summed E-state index contributed by atoms with van der Waals surface area (Å²) in [5.41, 5.74) is 2.73. The van der Waals surface area contributed by atoms with Crippen LogP contribution < -0.4 is 10.6 Å².